The van der Waals surface area contributed by atoms with Gasteiger partial charge in [-0.15, -0.1) is 0 Å². The molecule has 25 heavy (non-hydrogen) atoms. The van der Waals surface area contributed by atoms with E-state index in [0.29, 0.717) is 16.2 Å². The number of thioether (sulfide) groups is 1. The van der Waals surface area contributed by atoms with E-state index in [0.717, 1.165) is 21.2 Å². The van der Waals surface area contributed by atoms with Crippen molar-refractivity contribution in [2.45, 2.75) is 0 Å². The van der Waals surface area contributed by atoms with Crippen molar-refractivity contribution in [3.63, 3.8) is 0 Å². The zero-order valence-corrected chi connectivity index (χ0v) is 15.9. The van der Waals surface area contributed by atoms with Crippen LogP contribution in [0.15, 0.2) is 68.6 Å². The van der Waals surface area contributed by atoms with Gasteiger partial charge in [0.2, 0.25) is 0 Å². The van der Waals surface area contributed by atoms with Gasteiger partial charge in [-0.1, -0.05) is 33.8 Å². The molecule has 1 fully saturated rings. The number of nitrogens with one attached hydrogen (secondary N) is 1. The van der Waals surface area contributed by atoms with Crippen LogP contribution in [0.1, 0.15) is 16.1 Å². The zero-order chi connectivity index (χ0) is 17.8. The summed E-state index contributed by atoms with van der Waals surface area (Å²) in [4.78, 5) is 25.1. The molecule has 0 radical (unpaired) electrons. The van der Waals surface area contributed by atoms with Gasteiger partial charge in [0.25, 0.3) is 11.8 Å². The Hall–Kier alpha value is -2.16. The molecule has 0 unspecified atom stereocenters. The Labute approximate surface area is 161 Å². The summed E-state index contributed by atoms with van der Waals surface area (Å²) in [6.45, 7) is 0. The molecule has 1 aromatic carbocycles. The summed E-state index contributed by atoms with van der Waals surface area (Å²) < 4.78 is 6.31. The Morgan fingerprint density at radius 2 is 2.04 bits per heavy atom. The van der Waals surface area contributed by atoms with Crippen molar-refractivity contribution < 1.29 is 14.0 Å². The van der Waals surface area contributed by atoms with Crippen molar-refractivity contribution in [1.82, 2.24) is 10.4 Å². The molecule has 5 nitrogen and oxygen atoms in total. The third-order valence-electron chi connectivity index (χ3n) is 3.16. The van der Waals surface area contributed by atoms with Gasteiger partial charge in [-0.05, 0) is 60.8 Å². The lowest BCUT2D eigenvalue weighted by molar-refractivity contribution is -0.123. The standard InChI is InChI=1S/C17H11BrN2O3S2/c18-12-8-6-11(7-9-12)15(21)19-20-16(22)14(25-17(20)24)5-1-3-13-4-2-10-23-13/h1-10H,(H,19,21)/b3-1+,14-5+. The van der Waals surface area contributed by atoms with E-state index in [4.69, 9.17) is 16.6 Å². The van der Waals surface area contributed by atoms with Crippen LogP contribution < -0.4 is 5.43 Å². The molecule has 0 aliphatic carbocycles. The number of furan rings is 1. The number of hydrogen-bond acceptors (Lipinski definition) is 5. The number of hydrazine groups is 1. The van der Waals surface area contributed by atoms with E-state index in [1.807, 2.05) is 0 Å². The average molecular weight is 435 g/mol. The highest BCUT2D eigenvalue weighted by Crippen LogP contribution is 2.29. The lowest BCUT2D eigenvalue weighted by Crippen LogP contribution is -2.44. The fourth-order valence-electron chi connectivity index (χ4n) is 1.96. The van der Waals surface area contributed by atoms with Crippen LogP contribution in [0.4, 0.5) is 0 Å². The first-order valence-electron chi connectivity index (χ1n) is 7.09. The van der Waals surface area contributed by atoms with E-state index in [2.05, 4.69) is 21.4 Å². The van der Waals surface area contributed by atoms with Gasteiger partial charge in [0.15, 0.2) is 4.32 Å². The molecule has 1 aliphatic heterocycles. The first-order chi connectivity index (χ1) is 12.0. The van der Waals surface area contributed by atoms with E-state index in [9.17, 15) is 9.59 Å². The van der Waals surface area contributed by atoms with E-state index >= 15 is 0 Å². The monoisotopic (exact) mass is 434 g/mol. The Balaban J connectivity index is 1.68. The van der Waals surface area contributed by atoms with Crippen LogP contribution in [-0.4, -0.2) is 21.1 Å². The van der Waals surface area contributed by atoms with E-state index < -0.39 is 5.91 Å². The highest BCUT2D eigenvalue weighted by atomic mass is 79.9. The van der Waals surface area contributed by atoms with Gasteiger partial charge in [0.05, 0.1) is 11.2 Å². The zero-order valence-electron chi connectivity index (χ0n) is 12.6. The summed E-state index contributed by atoms with van der Waals surface area (Å²) in [7, 11) is 0. The number of benzene rings is 1. The fourth-order valence-corrected chi connectivity index (χ4v) is 3.36. The normalized spacial score (nSPS) is 16.2. The fraction of sp³-hybridized carbons (Fsp3) is 0. The third kappa shape index (κ3) is 4.28. The number of rotatable bonds is 4. The Kier molecular flexibility index (Phi) is 5.52. The molecule has 0 atom stereocenters. The van der Waals surface area contributed by atoms with Crippen molar-refractivity contribution in [2.75, 3.05) is 0 Å². The summed E-state index contributed by atoms with van der Waals surface area (Å²) in [6.07, 6.45) is 6.62. The second-order valence-electron chi connectivity index (χ2n) is 4.86. The van der Waals surface area contributed by atoms with Gasteiger partial charge in [-0.25, -0.2) is 0 Å². The number of allylic oxidation sites excluding steroid dienone is 2. The lowest BCUT2D eigenvalue weighted by atomic mass is 10.2. The molecule has 2 aromatic rings. The van der Waals surface area contributed by atoms with E-state index in [-0.39, 0.29) is 10.2 Å². The Morgan fingerprint density at radius 3 is 2.72 bits per heavy atom. The molecule has 2 amide bonds. The minimum atomic E-state index is -0.406. The first kappa shape index (κ1) is 17.7. The molecule has 1 N–H and O–H groups in total. The Bertz CT molecular complexity index is 874. The highest BCUT2D eigenvalue weighted by molar-refractivity contribution is 9.10. The number of halogens is 1. The summed E-state index contributed by atoms with van der Waals surface area (Å²) in [6, 6.07) is 10.4. The van der Waals surface area contributed by atoms with Gasteiger partial charge < -0.3 is 4.42 Å². The molecule has 0 spiro atoms. The number of thiocarbonyl (C=S) groups is 1. The molecular formula is C17H11BrN2O3S2. The van der Waals surface area contributed by atoms with Crippen LogP contribution in [0.2, 0.25) is 0 Å². The van der Waals surface area contributed by atoms with Crippen LogP contribution in [0.5, 0.6) is 0 Å². The second-order valence-corrected chi connectivity index (χ2v) is 7.45. The predicted molar refractivity (Wildman–Crippen MR) is 104 cm³/mol. The summed E-state index contributed by atoms with van der Waals surface area (Å²) >= 11 is 9.61. The lowest BCUT2D eigenvalue weighted by Gasteiger charge is -2.15. The maximum atomic E-state index is 12.4. The minimum absolute atomic E-state index is 0.271. The van der Waals surface area contributed by atoms with Crippen LogP contribution in [0, 0.1) is 0 Å². The van der Waals surface area contributed by atoms with E-state index in [1.165, 1.54) is 0 Å². The van der Waals surface area contributed by atoms with Gasteiger partial charge in [0.1, 0.15) is 5.76 Å². The number of carbonyl (C=O) groups is 2. The highest BCUT2D eigenvalue weighted by Gasteiger charge is 2.33. The predicted octanol–water partition coefficient (Wildman–Crippen LogP) is 4.14. The molecule has 1 aromatic heterocycles. The smallest absolute Gasteiger partial charge is 0.285 e. The maximum absolute atomic E-state index is 12.4. The second kappa shape index (κ2) is 7.81. The average Bonchev–Trinajstić information content (AvgIpc) is 3.20. The van der Waals surface area contributed by atoms with Gasteiger partial charge in [-0.2, -0.15) is 5.01 Å². The molecule has 8 heteroatoms. The molecule has 2 heterocycles. The van der Waals surface area contributed by atoms with Crippen molar-refractivity contribution in [3.05, 3.63) is 75.5 Å². The Morgan fingerprint density at radius 1 is 1.28 bits per heavy atom. The minimum Gasteiger partial charge on any atom is -0.465 e. The van der Waals surface area contributed by atoms with Crippen molar-refractivity contribution >= 4 is 62.1 Å². The molecule has 1 saturated heterocycles. The van der Waals surface area contributed by atoms with Gasteiger partial charge >= 0.3 is 0 Å². The van der Waals surface area contributed by atoms with E-state index in [1.54, 1.807) is 60.9 Å². The number of nitrogens with zero attached hydrogens (tertiary/aromatic N) is 1. The number of hydrogen-bond donors (Lipinski definition) is 1. The quantitative estimate of drug-likeness (QED) is 0.578. The molecule has 1 aliphatic rings. The summed E-state index contributed by atoms with van der Waals surface area (Å²) in [5.74, 6) is -0.101. The van der Waals surface area contributed by atoms with Gasteiger partial charge in [-0.3, -0.25) is 15.0 Å². The summed E-state index contributed by atoms with van der Waals surface area (Å²) in [5.41, 5.74) is 2.96. The molecule has 3 rings (SSSR count). The molecule has 0 saturated carbocycles. The topological polar surface area (TPSA) is 62.6 Å². The van der Waals surface area contributed by atoms with Crippen molar-refractivity contribution in [3.8, 4) is 0 Å². The largest absolute Gasteiger partial charge is 0.465 e. The maximum Gasteiger partial charge on any atom is 0.285 e. The molecular weight excluding hydrogens is 424 g/mol. The number of amides is 2. The third-order valence-corrected chi connectivity index (χ3v) is 5.01. The van der Waals surface area contributed by atoms with Crippen molar-refractivity contribution in [2.24, 2.45) is 0 Å². The van der Waals surface area contributed by atoms with Crippen LogP contribution in [-0.2, 0) is 4.79 Å². The number of carbonyl (C=O) groups excluding carboxylic acids is 2. The van der Waals surface area contributed by atoms with Crippen molar-refractivity contribution in [1.29, 1.82) is 0 Å². The van der Waals surface area contributed by atoms with Gasteiger partial charge in [0, 0.05) is 10.0 Å². The van der Waals surface area contributed by atoms with Crippen LogP contribution in [0.3, 0.4) is 0 Å². The van der Waals surface area contributed by atoms with Crippen LogP contribution >= 0.6 is 39.9 Å². The van der Waals surface area contributed by atoms with Crippen LogP contribution in [0.25, 0.3) is 6.08 Å². The summed E-state index contributed by atoms with van der Waals surface area (Å²) in [5, 5.41) is 1.08. The first-order valence-corrected chi connectivity index (χ1v) is 9.11. The SMILES string of the molecule is O=C(NN1C(=O)/C(=C\C=C\c2ccco2)SC1=S)c1ccc(Br)cc1. The molecule has 126 valence electrons. The molecule has 0 bridgehead atoms.